The molecule has 0 aromatic carbocycles. The molecule has 3 unspecified atom stereocenters. The number of rotatable bonds is 3. The Morgan fingerprint density at radius 3 is 2.62 bits per heavy atom. The van der Waals surface area contributed by atoms with E-state index in [1.807, 2.05) is 6.08 Å². The molecule has 0 spiro atoms. The van der Waals surface area contributed by atoms with E-state index in [2.05, 4.69) is 35.3 Å². The molecular formula is C14H20O2. The molecule has 2 aliphatic rings. The van der Waals surface area contributed by atoms with E-state index in [9.17, 15) is 0 Å². The maximum atomic E-state index is 8.64. The zero-order chi connectivity index (χ0) is 11.2. The minimum absolute atomic E-state index is 0.116. The van der Waals surface area contributed by atoms with Gasteiger partial charge < -0.3 is 0 Å². The van der Waals surface area contributed by atoms with Crippen molar-refractivity contribution in [2.45, 2.75) is 38.2 Å². The minimum atomic E-state index is -0.116. The van der Waals surface area contributed by atoms with Crippen molar-refractivity contribution in [3.8, 4) is 0 Å². The lowest BCUT2D eigenvalue weighted by molar-refractivity contribution is -0.269. The Bertz CT molecular complexity index is 291. The molecule has 0 fully saturated rings. The second kappa shape index (κ2) is 6.02. The lowest BCUT2D eigenvalue weighted by Crippen LogP contribution is -2.16. The first-order valence-electron chi connectivity index (χ1n) is 6.18. The first-order chi connectivity index (χ1) is 7.88. The van der Waals surface area contributed by atoms with Crippen molar-refractivity contribution >= 4 is 0 Å². The molecule has 2 heteroatoms. The van der Waals surface area contributed by atoms with Gasteiger partial charge in [0.15, 0.2) is 0 Å². The van der Waals surface area contributed by atoms with Crippen LogP contribution in [0.4, 0.5) is 0 Å². The normalized spacial score (nSPS) is 34.7. The van der Waals surface area contributed by atoms with Gasteiger partial charge in [-0.05, 0) is 43.9 Å². The van der Waals surface area contributed by atoms with Crippen LogP contribution in [0.25, 0.3) is 0 Å². The van der Waals surface area contributed by atoms with Gasteiger partial charge in [0.2, 0.25) is 0 Å². The monoisotopic (exact) mass is 220 g/mol. The van der Waals surface area contributed by atoms with Crippen LogP contribution in [-0.2, 0) is 4.89 Å². The van der Waals surface area contributed by atoms with Crippen molar-refractivity contribution in [3.63, 3.8) is 0 Å². The molecule has 0 amide bonds. The predicted octanol–water partition coefficient (Wildman–Crippen LogP) is 3.72. The molecule has 16 heavy (non-hydrogen) atoms. The summed E-state index contributed by atoms with van der Waals surface area (Å²) in [7, 11) is 0. The Kier molecular flexibility index (Phi) is 4.37. The van der Waals surface area contributed by atoms with Gasteiger partial charge >= 0.3 is 0 Å². The highest BCUT2D eigenvalue weighted by Crippen LogP contribution is 2.25. The standard InChI is InChI=1S/C14H20O2/c15-16-14-8-4-7-13(11-14)10-9-12-5-2-1-3-6-12/h1-2,4,8-10,12-15H,3,5-7,11H2. The molecule has 0 bridgehead atoms. The molecule has 0 aromatic heterocycles. The first-order valence-corrected chi connectivity index (χ1v) is 6.18. The number of allylic oxidation sites excluding steroid dienone is 5. The van der Waals surface area contributed by atoms with E-state index in [4.69, 9.17) is 5.26 Å². The second-order valence-electron chi connectivity index (χ2n) is 4.73. The molecule has 0 aliphatic heterocycles. The third kappa shape index (κ3) is 3.32. The molecule has 3 atom stereocenters. The van der Waals surface area contributed by atoms with Crippen LogP contribution in [0.3, 0.4) is 0 Å². The van der Waals surface area contributed by atoms with Crippen molar-refractivity contribution in [1.82, 2.24) is 0 Å². The SMILES string of the molecule is OOC1C=CCC(C=CC2CC=CCC2)C1. The van der Waals surface area contributed by atoms with E-state index < -0.39 is 0 Å². The summed E-state index contributed by atoms with van der Waals surface area (Å²) in [5, 5.41) is 8.64. The van der Waals surface area contributed by atoms with Gasteiger partial charge in [-0.15, -0.1) is 0 Å². The minimum Gasteiger partial charge on any atom is -0.251 e. The van der Waals surface area contributed by atoms with E-state index in [1.165, 1.54) is 19.3 Å². The summed E-state index contributed by atoms with van der Waals surface area (Å²) in [5.41, 5.74) is 0. The molecule has 0 saturated heterocycles. The van der Waals surface area contributed by atoms with Crippen LogP contribution in [-0.4, -0.2) is 11.4 Å². The van der Waals surface area contributed by atoms with Gasteiger partial charge in [-0.3, -0.25) is 5.26 Å². The Morgan fingerprint density at radius 2 is 1.88 bits per heavy atom. The van der Waals surface area contributed by atoms with Gasteiger partial charge in [-0.1, -0.05) is 36.5 Å². The van der Waals surface area contributed by atoms with Gasteiger partial charge in [0.25, 0.3) is 0 Å². The second-order valence-corrected chi connectivity index (χ2v) is 4.73. The maximum Gasteiger partial charge on any atom is 0.111 e. The summed E-state index contributed by atoms with van der Waals surface area (Å²) in [4.78, 5) is 4.38. The lowest BCUT2D eigenvalue weighted by Gasteiger charge is -2.21. The van der Waals surface area contributed by atoms with Crippen LogP contribution in [0, 0.1) is 11.8 Å². The van der Waals surface area contributed by atoms with Gasteiger partial charge in [-0.25, -0.2) is 4.89 Å². The largest absolute Gasteiger partial charge is 0.251 e. The molecule has 0 heterocycles. The molecule has 2 aliphatic carbocycles. The predicted molar refractivity (Wildman–Crippen MR) is 65.0 cm³/mol. The van der Waals surface area contributed by atoms with E-state index in [-0.39, 0.29) is 6.10 Å². The Hall–Kier alpha value is -0.860. The van der Waals surface area contributed by atoms with Crippen LogP contribution >= 0.6 is 0 Å². The Balaban J connectivity index is 1.82. The number of hydrogen-bond acceptors (Lipinski definition) is 2. The lowest BCUT2D eigenvalue weighted by atomic mass is 9.88. The highest BCUT2D eigenvalue weighted by atomic mass is 17.1. The summed E-state index contributed by atoms with van der Waals surface area (Å²) in [6, 6.07) is 0. The zero-order valence-corrected chi connectivity index (χ0v) is 9.59. The molecular weight excluding hydrogens is 200 g/mol. The smallest absolute Gasteiger partial charge is 0.111 e. The van der Waals surface area contributed by atoms with Crippen LogP contribution in [0.2, 0.25) is 0 Å². The quantitative estimate of drug-likeness (QED) is 0.446. The summed E-state index contributed by atoms with van der Waals surface area (Å²) >= 11 is 0. The average molecular weight is 220 g/mol. The van der Waals surface area contributed by atoms with Crippen molar-refractivity contribution in [2.75, 3.05) is 0 Å². The molecule has 0 radical (unpaired) electrons. The van der Waals surface area contributed by atoms with E-state index in [0.717, 1.165) is 12.8 Å². The Morgan fingerprint density at radius 1 is 1.06 bits per heavy atom. The van der Waals surface area contributed by atoms with Crippen molar-refractivity contribution in [1.29, 1.82) is 0 Å². The molecule has 2 rings (SSSR count). The third-order valence-corrected chi connectivity index (χ3v) is 3.43. The van der Waals surface area contributed by atoms with E-state index in [0.29, 0.717) is 11.8 Å². The van der Waals surface area contributed by atoms with Gasteiger partial charge in [-0.2, -0.15) is 0 Å². The topological polar surface area (TPSA) is 29.5 Å². The summed E-state index contributed by atoms with van der Waals surface area (Å²) < 4.78 is 0. The fraction of sp³-hybridized carbons (Fsp3) is 0.571. The third-order valence-electron chi connectivity index (χ3n) is 3.43. The highest BCUT2D eigenvalue weighted by Gasteiger charge is 2.16. The molecule has 0 aromatic rings. The fourth-order valence-electron chi connectivity index (χ4n) is 2.42. The molecule has 1 N–H and O–H groups in total. The Labute approximate surface area is 97.2 Å². The highest BCUT2D eigenvalue weighted by molar-refractivity contribution is 5.06. The average Bonchev–Trinajstić information content (AvgIpc) is 2.38. The fourth-order valence-corrected chi connectivity index (χ4v) is 2.42. The number of hydrogen-bond donors (Lipinski definition) is 1. The zero-order valence-electron chi connectivity index (χ0n) is 9.59. The van der Waals surface area contributed by atoms with Gasteiger partial charge in [0.1, 0.15) is 6.10 Å². The van der Waals surface area contributed by atoms with Crippen LogP contribution in [0.5, 0.6) is 0 Å². The van der Waals surface area contributed by atoms with Crippen molar-refractivity contribution < 1.29 is 10.1 Å². The van der Waals surface area contributed by atoms with Gasteiger partial charge in [0.05, 0.1) is 0 Å². The van der Waals surface area contributed by atoms with Crippen molar-refractivity contribution in [3.05, 3.63) is 36.5 Å². The van der Waals surface area contributed by atoms with Crippen LogP contribution < -0.4 is 0 Å². The van der Waals surface area contributed by atoms with Crippen LogP contribution in [0.1, 0.15) is 32.1 Å². The first kappa shape index (κ1) is 11.6. The molecule has 88 valence electrons. The van der Waals surface area contributed by atoms with E-state index >= 15 is 0 Å². The van der Waals surface area contributed by atoms with E-state index in [1.54, 1.807) is 0 Å². The van der Waals surface area contributed by atoms with Gasteiger partial charge in [0, 0.05) is 0 Å². The van der Waals surface area contributed by atoms with Crippen LogP contribution in [0.15, 0.2) is 36.5 Å². The molecule has 0 saturated carbocycles. The summed E-state index contributed by atoms with van der Waals surface area (Å²) in [6.45, 7) is 0. The summed E-state index contributed by atoms with van der Waals surface area (Å²) in [5.74, 6) is 1.23. The maximum absolute atomic E-state index is 8.64. The van der Waals surface area contributed by atoms with Crippen molar-refractivity contribution in [2.24, 2.45) is 11.8 Å². The summed E-state index contributed by atoms with van der Waals surface area (Å²) in [6.07, 6.45) is 18.7. The molecule has 2 nitrogen and oxygen atoms in total.